The number of nitrogen functional groups attached to an aromatic ring is 1. The molecular formula is C16H19NO2S. The summed E-state index contributed by atoms with van der Waals surface area (Å²) >= 11 is 1.66. The molecule has 0 aromatic heterocycles. The Hall–Kier alpha value is -1.81. The van der Waals surface area contributed by atoms with E-state index in [1.54, 1.807) is 18.9 Å². The Morgan fingerprint density at radius 2 is 1.90 bits per heavy atom. The zero-order valence-electron chi connectivity index (χ0n) is 11.8. The summed E-state index contributed by atoms with van der Waals surface area (Å²) in [5.41, 5.74) is 6.59. The minimum atomic E-state index is 0.674. The van der Waals surface area contributed by atoms with Crippen LogP contribution in [-0.2, 0) is 0 Å². The number of rotatable bonds is 6. The molecule has 2 aromatic carbocycles. The lowest BCUT2D eigenvalue weighted by molar-refractivity contribution is 0.318. The van der Waals surface area contributed by atoms with Crippen LogP contribution in [0.25, 0.3) is 0 Å². The predicted molar refractivity (Wildman–Crippen MR) is 83.8 cm³/mol. The average molecular weight is 289 g/mol. The van der Waals surface area contributed by atoms with Crippen LogP contribution in [0, 0.1) is 0 Å². The molecule has 0 heterocycles. The van der Waals surface area contributed by atoms with Gasteiger partial charge in [0.1, 0.15) is 11.5 Å². The Kier molecular flexibility index (Phi) is 5.18. The van der Waals surface area contributed by atoms with E-state index in [4.69, 9.17) is 15.2 Å². The molecule has 0 spiro atoms. The molecule has 0 bridgehead atoms. The minimum absolute atomic E-state index is 0.674. The maximum absolute atomic E-state index is 5.91. The molecule has 0 aliphatic carbocycles. The van der Waals surface area contributed by atoms with E-state index in [9.17, 15) is 0 Å². The molecule has 3 nitrogen and oxygen atoms in total. The number of benzene rings is 2. The number of methoxy groups -OCH3 is 1. The Morgan fingerprint density at radius 1 is 1.10 bits per heavy atom. The second-order valence-electron chi connectivity index (χ2n) is 4.33. The summed E-state index contributed by atoms with van der Waals surface area (Å²) < 4.78 is 10.9. The van der Waals surface area contributed by atoms with Gasteiger partial charge in [0, 0.05) is 9.79 Å². The van der Waals surface area contributed by atoms with Crippen molar-refractivity contribution < 1.29 is 9.47 Å². The van der Waals surface area contributed by atoms with Gasteiger partial charge >= 0.3 is 0 Å². The summed E-state index contributed by atoms with van der Waals surface area (Å²) in [5.74, 6) is 1.60. The van der Waals surface area contributed by atoms with Crippen molar-refractivity contribution in [1.29, 1.82) is 0 Å². The molecule has 0 aliphatic rings. The van der Waals surface area contributed by atoms with Gasteiger partial charge < -0.3 is 15.2 Å². The summed E-state index contributed by atoms with van der Waals surface area (Å²) in [7, 11) is 1.67. The topological polar surface area (TPSA) is 44.5 Å². The van der Waals surface area contributed by atoms with E-state index in [1.165, 1.54) is 0 Å². The van der Waals surface area contributed by atoms with Crippen LogP contribution < -0.4 is 15.2 Å². The molecule has 0 saturated heterocycles. The van der Waals surface area contributed by atoms with Crippen LogP contribution >= 0.6 is 11.8 Å². The highest BCUT2D eigenvalue weighted by Gasteiger charge is 2.04. The second kappa shape index (κ2) is 7.10. The van der Waals surface area contributed by atoms with Crippen molar-refractivity contribution in [2.45, 2.75) is 23.1 Å². The van der Waals surface area contributed by atoms with Crippen molar-refractivity contribution in [2.75, 3.05) is 19.5 Å². The van der Waals surface area contributed by atoms with E-state index in [0.717, 1.165) is 27.7 Å². The quantitative estimate of drug-likeness (QED) is 0.809. The first kappa shape index (κ1) is 14.6. The van der Waals surface area contributed by atoms with Crippen LogP contribution in [0.4, 0.5) is 5.69 Å². The van der Waals surface area contributed by atoms with Crippen molar-refractivity contribution in [3.8, 4) is 11.5 Å². The van der Waals surface area contributed by atoms with E-state index in [0.29, 0.717) is 12.3 Å². The molecule has 0 amide bonds. The standard InChI is InChI=1S/C16H19NO2S/c1-3-9-19-16-11-14(7-8-15(16)17)20-13-6-4-5-12(10-13)18-2/h4-8,10-11H,3,9,17H2,1-2H3. The molecule has 0 atom stereocenters. The Labute approximate surface area is 124 Å². The van der Waals surface area contributed by atoms with Gasteiger partial charge in [0.15, 0.2) is 0 Å². The van der Waals surface area contributed by atoms with Crippen LogP contribution in [0.3, 0.4) is 0 Å². The van der Waals surface area contributed by atoms with Crippen molar-refractivity contribution in [1.82, 2.24) is 0 Å². The largest absolute Gasteiger partial charge is 0.497 e. The molecule has 0 radical (unpaired) electrons. The first-order chi connectivity index (χ1) is 9.72. The Balaban J connectivity index is 2.16. The van der Waals surface area contributed by atoms with E-state index in [-0.39, 0.29) is 0 Å². The van der Waals surface area contributed by atoms with Crippen molar-refractivity contribution in [3.05, 3.63) is 42.5 Å². The van der Waals surface area contributed by atoms with Crippen LogP contribution in [0.1, 0.15) is 13.3 Å². The van der Waals surface area contributed by atoms with Gasteiger partial charge in [0.25, 0.3) is 0 Å². The zero-order chi connectivity index (χ0) is 14.4. The highest BCUT2D eigenvalue weighted by molar-refractivity contribution is 7.99. The lowest BCUT2D eigenvalue weighted by Gasteiger charge is -2.10. The third-order valence-electron chi connectivity index (χ3n) is 2.72. The molecule has 0 unspecified atom stereocenters. The highest BCUT2D eigenvalue weighted by Crippen LogP contribution is 2.34. The van der Waals surface area contributed by atoms with E-state index in [2.05, 4.69) is 13.0 Å². The van der Waals surface area contributed by atoms with Gasteiger partial charge in [-0.3, -0.25) is 0 Å². The average Bonchev–Trinajstić information content (AvgIpc) is 2.48. The number of anilines is 1. The third kappa shape index (κ3) is 3.84. The number of hydrogen-bond acceptors (Lipinski definition) is 4. The number of hydrogen-bond donors (Lipinski definition) is 1. The van der Waals surface area contributed by atoms with E-state index < -0.39 is 0 Å². The fourth-order valence-electron chi connectivity index (χ4n) is 1.72. The summed E-state index contributed by atoms with van der Waals surface area (Å²) in [5, 5.41) is 0. The molecule has 2 N–H and O–H groups in total. The van der Waals surface area contributed by atoms with Crippen LogP contribution in [-0.4, -0.2) is 13.7 Å². The summed E-state index contributed by atoms with van der Waals surface area (Å²) in [6, 6.07) is 13.8. The predicted octanol–water partition coefficient (Wildman–Crippen LogP) is 4.22. The first-order valence-corrected chi connectivity index (χ1v) is 7.39. The summed E-state index contributed by atoms with van der Waals surface area (Å²) in [6.45, 7) is 2.75. The van der Waals surface area contributed by atoms with Gasteiger partial charge in [-0.1, -0.05) is 24.8 Å². The lowest BCUT2D eigenvalue weighted by atomic mass is 10.3. The fraction of sp³-hybridized carbons (Fsp3) is 0.250. The van der Waals surface area contributed by atoms with Crippen molar-refractivity contribution in [3.63, 3.8) is 0 Å². The van der Waals surface area contributed by atoms with Crippen LogP contribution in [0.15, 0.2) is 52.3 Å². The van der Waals surface area contributed by atoms with Gasteiger partial charge in [0.2, 0.25) is 0 Å². The molecule has 20 heavy (non-hydrogen) atoms. The van der Waals surface area contributed by atoms with E-state index >= 15 is 0 Å². The maximum atomic E-state index is 5.91. The van der Waals surface area contributed by atoms with Gasteiger partial charge in [-0.05, 0) is 42.8 Å². The van der Waals surface area contributed by atoms with Crippen molar-refractivity contribution >= 4 is 17.4 Å². The SMILES string of the molecule is CCCOc1cc(Sc2cccc(OC)c2)ccc1N. The van der Waals surface area contributed by atoms with Crippen LogP contribution in [0.5, 0.6) is 11.5 Å². The lowest BCUT2D eigenvalue weighted by Crippen LogP contribution is -1.98. The number of ether oxygens (including phenoxy) is 2. The molecular weight excluding hydrogens is 270 g/mol. The highest BCUT2D eigenvalue weighted by atomic mass is 32.2. The number of nitrogens with two attached hydrogens (primary N) is 1. The second-order valence-corrected chi connectivity index (χ2v) is 5.48. The van der Waals surface area contributed by atoms with Gasteiger partial charge in [-0.15, -0.1) is 0 Å². The normalized spacial score (nSPS) is 10.3. The van der Waals surface area contributed by atoms with Gasteiger partial charge in [-0.25, -0.2) is 0 Å². The van der Waals surface area contributed by atoms with Crippen molar-refractivity contribution in [2.24, 2.45) is 0 Å². The molecule has 2 rings (SSSR count). The monoisotopic (exact) mass is 289 g/mol. The fourth-order valence-corrected chi connectivity index (χ4v) is 2.61. The summed E-state index contributed by atoms with van der Waals surface area (Å²) in [4.78, 5) is 2.22. The Morgan fingerprint density at radius 3 is 2.65 bits per heavy atom. The molecule has 0 fully saturated rings. The first-order valence-electron chi connectivity index (χ1n) is 6.57. The third-order valence-corrected chi connectivity index (χ3v) is 3.70. The molecule has 4 heteroatoms. The molecule has 2 aromatic rings. The Bertz CT molecular complexity index is 572. The smallest absolute Gasteiger partial charge is 0.143 e. The maximum Gasteiger partial charge on any atom is 0.143 e. The van der Waals surface area contributed by atoms with Crippen LogP contribution in [0.2, 0.25) is 0 Å². The molecule has 0 aliphatic heterocycles. The van der Waals surface area contributed by atoms with Gasteiger partial charge in [-0.2, -0.15) is 0 Å². The summed E-state index contributed by atoms with van der Waals surface area (Å²) in [6.07, 6.45) is 0.965. The van der Waals surface area contributed by atoms with Gasteiger partial charge in [0.05, 0.1) is 19.4 Å². The van der Waals surface area contributed by atoms with E-state index in [1.807, 2.05) is 36.4 Å². The molecule has 106 valence electrons. The molecule has 0 saturated carbocycles. The zero-order valence-corrected chi connectivity index (χ0v) is 12.6. The minimum Gasteiger partial charge on any atom is -0.497 e.